The number of hydrogen-bond donors (Lipinski definition) is 2. The molecule has 0 radical (unpaired) electrons. The normalized spacial score (nSPS) is 16.2. The number of benzene rings is 2. The van der Waals surface area contributed by atoms with Gasteiger partial charge in [0.05, 0.1) is 10.5 Å². The average Bonchev–Trinajstić information content (AvgIpc) is 2.64. The fourth-order valence-electron chi connectivity index (χ4n) is 3.05. The number of sulfonamides is 1. The van der Waals surface area contributed by atoms with Crippen molar-refractivity contribution in [1.29, 1.82) is 0 Å². The van der Waals surface area contributed by atoms with E-state index in [9.17, 15) is 18.3 Å². The van der Waals surface area contributed by atoms with Crippen LogP contribution in [0.3, 0.4) is 0 Å². The monoisotopic (exact) mass is 408 g/mol. The van der Waals surface area contributed by atoms with Crippen molar-refractivity contribution in [3.05, 3.63) is 58.6 Å². The van der Waals surface area contributed by atoms with Gasteiger partial charge in [-0.2, -0.15) is 4.31 Å². The van der Waals surface area contributed by atoms with Gasteiger partial charge in [0.15, 0.2) is 0 Å². The van der Waals surface area contributed by atoms with Crippen LogP contribution >= 0.6 is 11.6 Å². The number of phenolic OH excluding ortho intramolecular Hbond substituents is 1. The molecule has 1 saturated heterocycles. The molecule has 2 N–H and O–H groups in total. The third-order valence-corrected chi connectivity index (χ3v) is 6.80. The van der Waals surface area contributed by atoms with E-state index in [-0.39, 0.29) is 22.3 Å². The molecular formula is C19H21ClN2O4S. The lowest BCUT2D eigenvalue weighted by Crippen LogP contribution is -2.46. The summed E-state index contributed by atoms with van der Waals surface area (Å²) in [4.78, 5) is 12.6. The summed E-state index contributed by atoms with van der Waals surface area (Å²) < 4.78 is 26.9. The number of carbonyl (C=O) groups is 1. The lowest BCUT2D eigenvalue weighted by atomic mass is 10.1. The van der Waals surface area contributed by atoms with E-state index in [1.54, 1.807) is 24.3 Å². The first-order chi connectivity index (χ1) is 12.8. The summed E-state index contributed by atoms with van der Waals surface area (Å²) in [6, 6.07) is 10.9. The average molecular weight is 409 g/mol. The Hall–Kier alpha value is -2.09. The summed E-state index contributed by atoms with van der Waals surface area (Å²) in [5.74, 6) is -0.564. The summed E-state index contributed by atoms with van der Waals surface area (Å²) in [7, 11) is -3.53. The molecule has 2 aromatic carbocycles. The Bertz CT molecular complexity index is 937. The predicted octanol–water partition coefficient (Wildman–Crippen LogP) is 2.94. The van der Waals surface area contributed by atoms with Crippen LogP contribution in [-0.2, 0) is 10.0 Å². The third kappa shape index (κ3) is 4.43. The molecule has 3 rings (SSSR count). The van der Waals surface area contributed by atoms with Crippen molar-refractivity contribution in [2.24, 2.45) is 0 Å². The van der Waals surface area contributed by atoms with Crippen molar-refractivity contribution >= 4 is 27.5 Å². The van der Waals surface area contributed by atoms with Crippen molar-refractivity contribution in [3.63, 3.8) is 0 Å². The number of carbonyl (C=O) groups excluding carboxylic acids is 1. The fourth-order valence-corrected chi connectivity index (χ4v) is 4.69. The van der Waals surface area contributed by atoms with E-state index in [1.807, 2.05) is 6.92 Å². The van der Waals surface area contributed by atoms with Gasteiger partial charge in [0.2, 0.25) is 10.0 Å². The third-order valence-electron chi connectivity index (χ3n) is 4.65. The maximum Gasteiger partial charge on any atom is 0.255 e. The Morgan fingerprint density at radius 1 is 1.15 bits per heavy atom. The largest absolute Gasteiger partial charge is 0.507 e. The zero-order chi connectivity index (χ0) is 19.6. The standard InChI is InChI=1S/C19H21ClN2O4S/c1-13-2-5-16(6-3-13)27(25,26)22-10-8-15(9-11-22)21-19(24)17-12-14(20)4-7-18(17)23/h2-7,12,15,23H,8-11H2,1H3,(H,21,24). The minimum absolute atomic E-state index is 0.109. The molecule has 1 amide bonds. The molecule has 2 aromatic rings. The van der Waals surface area contributed by atoms with E-state index < -0.39 is 15.9 Å². The van der Waals surface area contributed by atoms with Crippen molar-refractivity contribution in [2.75, 3.05) is 13.1 Å². The number of aromatic hydroxyl groups is 1. The number of phenols is 1. The van der Waals surface area contributed by atoms with Gasteiger partial charge >= 0.3 is 0 Å². The van der Waals surface area contributed by atoms with Crippen LogP contribution in [0.5, 0.6) is 5.75 Å². The first-order valence-electron chi connectivity index (χ1n) is 8.63. The lowest BCUT2D eigenvalue weighted by molar-refractivity contribution is 0.0921. The molecule has 0 atom stereocenters. The first kappa shape index (κ1) is 19.7. The molecular weight excluding hydrogens is 388 g/mol. The molecule has 144 valence electrons. The molecule has 0 aromatic heterocycles. The van der Waals surface area contributed by atoms with E-state index in [2.05, 4.69) is 5.32 Å². The molecule has 1 heterocycles. The van der Waals surface area contributed by atoms with E-state index in [1.165, 1.54) is 22.5 Å². The quantitative estimate of drug-likeness (QED) is 0.814. The molecule has 1 aliphatic heterocycles. The van der Waals surface area contributed by atoms with Crippen LogP contribution in [0, 0.1) is 6.92 Å². The second kappa shape index (κ2) is 7.88. The highest BCUT2D eigenvalue weighted by molar-refractivity contribution is 7.89. The van der Waals surface area contributed by atoms with E-state index in [0.717, 1.165) is 5.56 Å². The van der Waals surface area contributed by atoms with Gasteiger partial charge in [0, 0.05) is 24.2 Å². The molecule has 0 aliphatic carbocycles. The maximum atomic E-state index is 12.7. The van der Waals surface area contributed by atoms with Crippen LogP contribution < -0.4 is 5.32 Å². The number of halogens is 1. The molecule has 0 saturated carbocycles. The smallest absolute Gasteiger partial charge is 0.255 e. The van der Waals surface area contributed by atoms with Crippen LogP contribution in [0.1, 0.15) is 28.8 Å². The molecule has 6 nitrogen and oxygen atoms in total. The summed E-state index contributed by atoms with van der Waals surface area (Å²) >= 11 is 5.88. The topological polar surface area (TPSA) is 86.7 Å². The highest BCUT2D eigenvalue weighted by Gasteiger charge is 2.30. The van der Waals surface area contributed by atoms with Gasteiger partial charge in [-0.05, 0) is 50.1 Å². The Balaban J connectivity index is 1.62. The molecule has 0 spiro atoms. The first-order valence-corrected chi connectivity index (χ1v) is 10.5. The van der Waals surface area contributed by atoms with Crippen molar-refractivity contribution < 1.29 is 18.3 Å². The van der Waals surface area contributed by atoms with Gasteiger partial charge in [0.25, 0.3) is 5.91 Å². The number of amides is 1. The SMILES string of the molecule is Cc1ccc(S(=O)(=O)N2CCC(NC(=O)c3cc(Cl)ccc3O)CC2)cc1. The predicted molar refractivity (Wildman–Crippen MR) is 104 cm³/mol. The number of nitrogens with one attached hydrogen (secondary N) is 1. The zero-order valence-electron chi connectivity index (χ0n) is 14.9. The van der Waals surface area contributed by atoms with Crippen molar-refractivity contribution in [3.8, 4) is 5.75 Å². The maximum absolute atomic E-state index is 12.7. The van der Waals surface area contributed by atoms with Crippen molar-refractivity contribution in [1.82, 2.24) is 9.62 Å². The van der Waals surface area contributed by atoms with Crippen LogP contribution in [0.15, 0.2) is 47.4 Å². The number of hydrogen-bond acceptors (Lipinski definition) is 4. The molecule has 8 heteroatoms. The zero-order valence-corrected chi connectivity index (χ0v) is 16.4. The van der Waals surface area contributed by atoms with E-state index in [4.69, 9.17) is 11.6 Å². The fraction of sp³-hybridized carbons (Fsp3) is 0.316. The van der Waals surface area contributed by atoms with Gasteiger partial charge in [-0.15, -0.1) is 0 Å². The van der Waals surface area contributed by atoms with Crippen LogP contribution in [0.25, 0.3) is 0 Å². The Morgan fingerprint density at radius 3 is 2.41 bits per heavy atom. The van der Waals surface area contributed by atoms with Crippen molar-refractivity contribution in [2.45, 2.75) is 30.7 Å². The van der Waals surface area contributed by atoms with Gasteiger partial charge < -0.3 is 10.4 Å². The van der Waals surface area contributed by atoms with E-state index in [0.29, 0.717) is 31.0 Å². The minimum Gasteiger partial charge on any atom is -0.507 e. The number of aryl methyl sites for hydroxylation is 1. The van der Waals surface area contributed by atoms with Gasteiger partial charge in [-0.3, -0.25) is 4.79 Å². The van der Waals surface area contributed by atoms with Gasteiger partial charge in [0.1, 0.15) is 5.75 Å². The van der Waals surface area contributed by atoms with Crippen LogP contribution in [-0.4, -0.2) is 42.9 Å². The minimum atomic E-state index is -3.53. The molecule has 27 heavy (non-hydrogen) atoms. The second-order valence-corrected chi connectivity index (χ2v) is 9.00. The second-order valence-electron chi connectivity index (χ2n) is 6.63. The Labute approximate surface area is 163 Å². The highest BCUT2D eigenvalue weighted by atomic mass is 35.5. The van der Waals surface area contributed by atoms with Crippen LogP contribution in [0.4, 0.5) is 0 Å². The number of piperidine rings is 1. The lowest BCUT2D eigenvalue weighted by Gasteiger charge is -2.31. The van der Waals surface area contributed by atoms with Crippen LogP contribution in [0.2, 0.25) is 5.02 Å². The Morgan fingerprint density at radius 2 is 1.78 bits per heavy atom. The summed E-state index contributed by atoms with van der Waals surface area (Å²) in [5, 5.41) is 13.0. The van der Waals surface area contributed by atoms with E-state index >= 15 is 0 Å². The highest BCUT2D eigenvalue weighted by Crippen LogP contribution is 2.24. The summed E-state index contributed by atoms with van der Waals surface area (Å²) in [6.45, 7) is 2.55. The molecule has 0 unspecified atom stereocenters. The summed E-state index contributed by atoms with van der Waals surface area (Å²) in [5.41, 5.74) is 1.11. The van der Waals surface area contributed by atoms with Gasteiger partial charge in [-0.25, -0.2) is 8.42 Å². The molecule has 1 aliphatic rings. The Kier molecular flexibility index (Phi) is 5.74. The van der Waals surface area contributed by atoms with Gasteiger partial charge in [-0.1, -0.05) is 29.3 Å². The molecule has 0 bridgehead atoms. The summed E-state index contributed by atoms with van der Waals surface area (Å²) in [6.07, 6.45) is 0.996. The number of rotatable bonds is 4. The number of nitrogens with zero attached hydrogens (tertiary/aromatic N) is 1. The molecule has 1 fully saturated rings.